The Kier molecular flexibility index (Phi) is 6.66. The molecule has 3 aromatic rings. The van der Waals surface area contributed by atoms with E-state index in [9.17, 15) is 8.42 Å². The molecule has 0 radical (unpaired) electrons. The zero-order valence-corrected chi connectivity index (χ0v) is 17.6. The highest BCUT2D eigenvalue weighted by Gasteiger charge is 2.21. The Hall–Kier alpha value is -2.71. The van der Waals surface area contributed by atoms with Gasteiger partial charge in [-0.15, -0.1) is 0 Å². The van der Waals surface area contributed by atoms with Crippen LogP contribution in [0.2, 0.25) is 0 Å². The molecule has 2 aromatic carbocycles. The average molecular weight is 416 g/mol. The van der Waals surface area contributed by atoms with Gasteiger partial charge in [-0.05, 0) is 35.7 Å². The number of hydrogen-bond acceptors (Lipinski definition) is 6. The second-order valence-electron chi connectivity index (χ2n) is 7.01. The molecule has 1 heterocycles. The quantitative estimate of drug-likeness (QED) is 0.530. The van der Waals surface area contributed by atoms with Crippen molar-refractivity contribution in [3.63, 3.8) is 0 Å². The van der Waals surface area contributed by atoms with Crippen molar-refractivity contribution in [2.24, 2.45) is 0 Å². The first kappa shape index (κ1) is 21.0. The van der Waals surface area contributed by atoms with Gasteiger partial charge >= 0.3 is 0 Å². The van der Waals surface area contributed by atoms with Crippen molar-refractivity contribution < 1.29 is 17.7 Å². The Labute approximate surface area is 171 Å². The maximum atomic E-state index is 12.7. The molecule has 0 bridgehead atoms. The van der Waals surface area contributed by atoms with Crippen LogP contribution in [0.15, 0.2) is 64.0 Å². The fourth-order valence-corrected chi connectivity index (χ4v) is 3.87. The van der Waals surface area contributed by atoms with Crippen molar-refractivity contribution in [2.45, 2.75) is 37.7 Å². The molecule has 3 rings (SSSR count). The van der Waals surface area contributed by atoms with Gasteiger partial charge in [-0.3, -0.25) is 0 Å². The predicted molar refractivity (Wildman–Crippen MR) is 109 cm³/mol. The van der Waals surface area contributed by atoms with Gasteiger partial charge in [-0.1, -0.05) is 49.3 Å². The molecule has 7 nitrogen and oxygen atoms in total. The normalized spacial score (nSPS) is 11.9. The molecule has 0 fully saturated rings. The Morgan fingerprint density at radius 1 is 1.07 bits per heavy atom. The summed E-state index contributed by atoms with van der Waals surface area (Å²) in [5, 5.41) is 3.90. The van der Waals surface area contributed by atoms with Gasteiger partial charge in [0.2, 0.25) is 10.0 Å². The minimum absolute atomic E-state index is 0.160. The van der Waals surface area contributed by atoms with Crippen molar-refractivity contribution in [1.82, 2.24) is 14.4 Å². The van der Waals surface area contributed by atoms with E-state index in [0.29, 0.717) is 29.8 Å². The minimum atomic E-state index is -3.57. The van der Waals surface area contributed by atoms with Crippen LogP contribution < -0.4 is 4.74 Å². The molecule has 0 aliphatic carbocycles. The largest absolute Gasteiger partial charge is 0.484 e. The summed E-state index contributed by atoms with van der Waals surface area (Å²) in [6, 6.07) is 16.3. The van der Waals surface area contributed by atoms with Crippen molar-refractivity contribution in [1.29, 1.82) is 0 Å². The molecule has 0 saturated heterocycles. The van der Waals surface area contributed by atoms with E-state index in [0.717, 1.165) is 5.56 Å². The third-order valence-electron chi connectivity index (χ3n) is 4.52. The fraction of sp³-hybridized carbons (Fsp3) is 0.333. The van der Waals surface area contributed by atoms with Crippen LogP contribution in [-0.4, -0.2) is 36.5 Å². The number of para-hydroxylation sites is 1. The van der Waals surface area contributed by atoms with Gasteiger partial charge < -0.3 is 9.26 Å². The van der Waals surface area contributed by atoms with E-state index in [1.807, 2.05) is 42.5 Å². The molecular weight excluding hydrogens is 390 g/mol. The molecule has 154 valence electrons. The van der Waals surface area contributed by atoms with Crippen LogP contribution in [0.25, 0.3) is 0 Å². The summed E-state index contributed by atoms with van der Waals surface area (Å²) in [5.41, 5.74) is 1.10. The third-order valence-corrected chi connectivity index (χ3v) is 6.39. The molecular formula is C21H25N3O4S. The van der Waals surface area contributed by atoms with Gasteiger partial charge in [0.1, 0.15) is 5.75 Å². The smallest absolute Gasteiger partial charge is 0.264 e. The van der Waals surface area contributed by atoms with Gasteiger partial charge in [0.25, 0.3) is 5.89 Å². The number of benzene rings is 2. The van der Waals surface area contributed by atoms with E-state index in [1.165, 1.54) is 4.31 Å². The molecule has 29 heavy (non-hydrogen) atoms. The van der Waals surface area contributed by atoms with Crippen LogP contribution in [-0.2, 0) is 23.1 Å². The number of hydrogen-bond donors (Lipinski definition) is 0. The number of rotatable bonds is 9. The second-order valence-corrected chi connectivity index (χ2v) is 9.05. The van der Waals surface area contributed by atoms with Crippen molar-refractivity contribution in [2.75, 3.05) is 13.6 Å². The highest BCUT2D eigenvalue weighted by atomic mass is 32.2. The first-order chi connectivity index (χ1) is 13.9. The van der Waals surface area contributed by atoms with E-state index in [-0.39, 0.29) is 18.0 Å². The Balaban J connectivity index is 1.55. The molecule has 0 aliphatic rings. The fourth-order valence-electron chi connectivity index (χ4n) is 2.69. The molecule has 0 amide bonds. The van der Waals surface area contributed by atoms with Crippen molar-refractivity contribution >= 4 is 10.0 Å². The summed E-state index contributed by atoms with van der Waals surface area (Å²) in [5.74, 6) is 1.84. The molecule has 0 N–H and O–H groups in total. The number of likely N-dealkylation sites (N-methyl/N-ethyl adjacent to an activating group) is 1. The molecule has 1 aromatic heterocycles. The number of aromatic nitrogens is 2. The molecule has 0 unspecified atom stereocenters. The summed E-state index contributed by atoms with van der Waals surface area (Å²) in [4.78, 5) is 4.53. The van der Waals surface area contributed by atoms with E-state index < -0.39 is 10.0 Å². The maximum absolute atomic E-state index is 12.7. The van der Waals surface area contributed by atoms with Gasteiger partial charge in [-0.2, -0.15) is 4.98 Å². The first-order valence-corrected chi connectivity index (χ1v) is 10.9. The van der Waals surface area contributed by atoms with Gasteiger partial charge in [0, 0.05) is 20.0 Å². The monoisotopic (exact) mass is 415 g/mol. The number of nitrogens with zero attached hydrogens (tertiary/aromatic N) is 3. The van der Waals surface area contributed by atoms with Gasteiger partial charge in [-0.25, -0.2) is 12.7 Å². The Morgan fingerprint density at radius 3 is 2.41 bits per heavy atom. The Morgan fingerprint density at radius 2 is 1.76 bits per heavy atom. The van der Waals surface area contributed by atoms with E-state index in [1.54, 1.807) is 19.2 Å². The van der Waals surface area contributed by atoms with Crippen LogP contribution >= 0.6 is 0 Å². The van der Waals surface area contributed by atoms with E-state index in [4.69, 9.17) is 9.26 Å². The van der Waals surface area contributed by atoms with Crippen molar-refractivity contribution in [3.8, 4) is 5.75 Å². The lowest BCUT2D eigenvalue weighted by Gasteiger charge is -2.17. The highest BCUT2D eigenvalue weighted by Crippen LogP contribution is 2.19. The molecule has 0 atom stereocenters. The SMILES string of the molecule is CC(C)c1ccc(S(=O)(=O)N(C)CCc2noc(COc3ccccc3)n2)cc1. The molecule has 0 saturated carbocycles. The first-order valence-electron chi connectivity index (χ1n) is 9.42. The number of ether oxygens (including phenoxy) is 1. The molecule has 0 aliphatic heterocycles. The lowest BCUT2D eigenvalue weighted by molar-refractivity contribution is 0.242. The lowest BCUT2D eigenvalue weighted by Crippen LogP contribution is -2.29. The second kappa shape index (κ2) is 9.19. The zero-order valence-electron chi connectivity index (χ0n) is 16.8. The lowest BCUT2D eigenvalue weighted by atomic mass is 10.0. The molecule has 8 heteroatoms. The van der Waals surface area contributed by atoms with E-state index >= 15 is 0 Å². The average Bonchev–Trinajstić information content (AvgIpc) is 3.19. The number of sulfonamides is 1. The summed E-state index contributed by atoms with van der Waals surface area (Å²) < 4.78 is 37.5. The Bertz CT molecular complexity index is 1020. The zero-order chi connectivity index (χ0) is 20.9. The summed E-state index contributed by atoms with van der Waals surface area (Å²) in [6.07, 6.45) is 0.342. The minimum Gasteiger partial charge on any atom is -0.484 e. The van der Waals surface area contributed by atoms with Crippen LogP contribution in [0.1, 0.15) is 37.0 Å². The van der Waals surface area contributed by atoms with Crippen molar-refractivity contribution in [3.05, 3.63) is 71.9 Å². The standard InChI is InChI=1S/C21H25N3O4S/c1-16(2)17-9-11-19(12-10-17)29(25,26)24(3)14-13-20-22-21(28-23-20)15-27-18-7-5-4-6-8-18/h4-12,16H,13-15H2,1-3H3. The summed E-state index contributed by atoms with van der Waals surface area (Å²) in [6.45, 7) is 4.54. The third kappa shape index (κ3) is 5.42. The summed E-state index contributed by atoms with van der Waals surface area (Å²) in [7, 11) is -2.02. The maximum Gasteiger partial charge on any atom is 0.264 e. The summed E-state index contributed by atoms with van der Waals surface area (Å²) >= 11 is 0. The highest BCUT2D eigenvalue weighted by molar-refractivity contribution is 7.89. The van der Waals surface area contributed by atoms with Gasteiger partial charge in [0.15, 0.2) is 12.4 Å². The topological polar surface area (TPSA) is 85.5 Å². The van der Waals surface area contributed by atoms with Crippen LogP contribution in [0.4, 0.5) is 0 Å². The van der Waals surface area contributed by atoms with Crippen LogP contribution in [0.5, 0.6) is 5.75 Å². The van der Waals surface area contributed by atoms with E-state index in [2.05, 4.69) is 24.0 Å². The predicted octanol–water partition coefficient (Wildman–Crippen LogP) is 3.64. The van der Waals surface area contributed by atoms with Crippen LogP contribution in [0, 0.1) is 0 Å². The van der Waals surface area contributed by atoms with Crippen LogP contribution in [0.3, 0.4) is 0 Å². The van der Waals surface area contributed by atoms with Gasteiger partial charge in [0.05, 0.1) is 4.90 Å². The molecule has 0 spiro atoms.